The summed E-state index contributed by atoms with van der Waals surface area (Å²) in [4.78, 5) is 1.78. The van der Waals surface area contributed by atoms with Crippen LogP contribution in [0.2, 0.25) is 0 Å². The van der Waals surface area contributed by atoms with E-state index in [9.17, 15) is 8.78 Å². The molecule has 2 nitrogen and oxygen atoms in total. The molecule has 0 saturated carbocycles. The first-order valence-corrected chi connectivity index (χ1v) is 6.74. The maximum atomic E-state index is 14.1. The molecule has 1 heterocycles. The van der Waals surface area contributed by atoms with Gasteiger partial charge in [-0.05, 0) is 37.3 Å². The number of benzene rings is 2. The fraction of sp³-hybridized carbons (Fsp3) is 0.176. The fourth-order valence-corrected chi connectivity index (χ4v) is 2.21. The predicted octanol–water partition coefficient (Wildman–Crippen LogP) is 4.33. The van der Waals surface area contributed by atoms with Crippen molar-refractivity contribution in [3.8, 4) is 0 Å². The molecule has 21 heavy (non-hydrogen) atoms. The topological polar surface area (TPSA) is 12.5 Å². The van der Waals surface area contributed by atoms with Crippen LogP contribution in [0.4, 0.5) is 20.2 Å². The first-order chi connectivity index (χ1) is 10.1. The molecule has 3 rings (SSSR count). The summed E-state index contributed by atoms with van der Waals surface area (Å²) in [7, 11) is 0. The summed E-state index contributed by atoms with van der Waals surface area (Å²) in [6.45, 7) is 3.00. The van der Waals surface area contributed by atoms with Crippen molar-refractivity contribution in [1.29, 1.82) is 0 Å². The van der Waals surface area contributed by atoms with Gasteiger partial charge in [-0.15, -0.1) is 0 Å². The highest BCUT2D eigenvalue weighted by molar-refractivity contribution is 5.65. The van der Waals surface area contributed by atoms with Crippen molar-refractivity contribution in [2.45, 2.75) is 6.92 Å². The van der Waals surface area contributed by atoms with E-state index in [0.29, 0.717) is 18.8 Å². The molecular formula is C17H15F2NO. The van der Waals surface area contributed by atoms with Gasteiger partial charge >= 0.3 is 0 Å². The summed E-state index contributed by atoms with van der Waals surface area (Å²) in [5, 5.41) is 0. The van der Waals surface area contributed by atoms with Gasteiger partial charge in [0.25, 0.3) is 0 Å². The largest absolute Gasteiger partial charge is 0.492 e. The van der Waals surface area contributed by atoms with E-state index in [1.54, 1.807) is 4.90 Å². The molecule has 0 aromatic heterocycles. The molecule has 0 unspecified atom stereocenters. The van der Waals surface area contributed by atoms with E-state index in [0.717, 1.165) is 23.1 Å². The standard InChI is InChI=1S/C17H15F2NO/c1-12-2-5-14(6-3-12)20(11-15-8-9-21-15)17-7-4-13(18)10-16(17)19/h2-8,10H,9,11H2,1H3. The van der Waals surface area contributed by atoms with Crippen LogP contribution >= 0.6 is 0 Å². The Morgan fingerprint density at radius 1 is 1.10 bits per heavy atom. The van der Waals surface area contributed by atoms with Gasteiger partial charge in [-0.1, -0.05) is 17.7 Å². The molecular weight excluding hydrogens is 272 g/mol. The number of rotatable bonds is 4. The zero-order valence-electron chi connectivity index (χ0n) is 11.6. The third-order valence-corrected chi connectivity index (χ3v) is 3.44. The van der Waals surface area contributed by atoms with Gasteiger partial charge in [-0.3, -0.25) is 0 Å². The van der Waals surface area contributed by atoms with Gasteiger partial charge in [0.15, 0.2) is 0 Å². The Balaban J connectivity index is 2.00. The van der Waals surface area contributed by atoms with E-state index in [-0.39, 0.29) is 0 Å². The van der Waals surface area contributed by atoms with E-state index in [1.165, 1.54) is 12.1 Å². The molecule has 1 aliphatic rings. The molecule has 0 fully saturated rings. The number of nitrogens with zero attached hydrogens (tertiary/aromatic N) is 1. The minimum absolute atomic E-state index is 0.330. The molecule has 0 aliphatic carbocycles. The lowest BCUT2D eigenvalue weighted by molar-refractivity contribution is 0.194. The number of halogens is 2. The van der Waals surface area contributed by atoms with Gasteiger partial charge in [0.1, 0.15) is 24.0 Å². The summed E-state index contributed by atoms with van der Waals surface area (Å²) >= 11 is 0. The van der Waals surface area contributed by atoms with E-state index in [1.807, 2.05) is 37.3 Å². The van der Waals surface area contributed by atoms with Gasteiger partial charge in [0.05, 0.1) is 12.2 Å². The van der Waals surface area contributed by atoms with Crippen LogP contribution in [0.5, 0.6) is 0 Å². The maximum Gasteiger partial charge on any atom is 0.149 e. The molecule has 0 bridgehead atoms. The second kappa shape index (κ2) is 5.56. The summed E-state index contributed by atoms with van der Waals surface area (Å²) in [6.07, 6.45) is 1.95. The Kier molecular flexibility index (Phi) is 3.60. The zero-order valence-corrected chi connectivity index (χ0v) is 11.6. The molecule has 0 amide bonds. The van der Waals surface area contributed by atoms with Crippen molar-refractivity contribution in [3.05, 3.63) is 71.5 Å². The van der Waals surface area contributed by atoms with Crippen LogP contribution in [0.1, 0.15) is 5.56 Å². The quantitative estimate of drug-likeness (QED) is 0.830. The normalized spacial score (nSPS) is 13.2. The molecule has 2 aromatic carbocycles. The number of ether oxygens (including phenoxy) is 1. The Labute approximate surface area is 122 Å². The summed E-state index contributed by atoms with van der Waals surface area (Å²) in [5.74, 6) is -0.381. The molecule has 0 saturated heterocycles. The highest BCUT2D eigenvalue weighted by Gasteiger charge is 2.18. The van der Waals surface area contributed by atoms with Gasteiger partial charge < -0.3 is 9.64 Å². The second-order valence-corrected chi connectivity index (χ2v) is 5.00. The average Bonchev–Trinajstić information content (AvgIpc) is 2.40. The summed E-state index contributed by atoms with van der Waals surface area (Å²) in [6, 6.07) is 11.3. The minimum atomic E-state index is -0.588. The molecule has 0 spiro atoms. The van der Waals surface area contributed by atoms with E-state index >= 15 is 0 Å². The first-order valence-electron chi connectivity index (χ1n) is 6.74. The smallest absolute Gasteiger partial charge is 0.149 e. The van der Waals surface area contributed by atoms with Crippen molar-refractivity contribution in [2.24, 2.45) is 0 Å². The van der Waals surface area contributed by atoms with Crippen LogP contribution in [0.25, 0.3) is 0 Å². The van der Waals surface area contributed by atoms with Crippen molar-refractivity contribution < 1.29 is 13.5 Å². The highest BCUT2D eigenvalue weighted by atomic mass is 19.1. The Hall–Kier alpha value is -2.36. The molecule has 108 valence electrons. The second-order valence-electron chi connectivity index (χ2n) is 5.00. The molecule has 0 N–H and O–H groups in total. The van der Waals surface area contributed by atoms with Crippen molar-refractivity contribution in [1.82, 2.24) is 0 Å². The van der Waals surface area contributed by atoms with Crippen molar-refractivity contribution in [3.63, 3.8) is 0 Å². The monoisotopic (exact) mass is 287 g/mol. The van der Waals surface area contributed by atoms with Gasteiger partial charge in [-0.25, -0.2) is 8.78 Å². The minimum Gasteiger partial charge on any atom is -0.492 e. The van der Waals surface area contributed by atoms with Crippen LogP contribution in [0.15, 0.2) is 54.3 Å². The van der Waals surface area contributed by atoms with E-state index in [2.05, 4.69) is 0 Å². The lowest BCUT2D eigenvalue weighted by Gasteiger charge is -2.29. The van der Waals surface area contributed by atoms with Crippen molar-refractivity contribution >= 4 is 11.4 Å². The SMILES string of the molecule is Cc1ccc(N(CC2=CCO2)c2ccc(F)cc2F)cc1. The van der Waals surface area contributed by atoms with Gasteiger partial charge in [0, 0.05) is 11.8 Å². The van der Waals surface area contributed by atoms with Crippen LogP contribution in [-0.4, -0.2) is 13.2 Å². The Morgan fingerprint density at radius 2 is 1.81 bits per heavy atom. The highest BCUT2D eigenvalue weighted by Crippen LogP contribution is 2.30. The third-order valence-electron chi connectivity index (χ3n) is 3.44. The molecule has 1 aliphatic heterocycles. The Morgan fingerprint density at radius 3 is 2.38 bits per heavy atom. The average molecular weight is 287 g/mol. The van der Waals surface area contributed by atoms with Crippen molar-refractivity contribution in [2.75, 3.05) is 18.1 Å². The van der Waals surface area contributed by atoms with E-state index in [4.69, 9.17) is 4.74 Å². The fourth-order valence-electron chi connectivity index (χ4n) is 2.21. The molecule has 2 aromatic rings. The predicted molar refractivity (Wildman–Crippen MR) is 78.6 cm³/mol. The van der Waals surface area contributed by atoms with Gasteiger partial charge in [0.2, 0.25) is 0 Å². The zero-order chi connectivity index (χ0) is 14.8. The number of hydrogen-bond donors (Lipinski definition) is 0. The maximum absolute atomic E-state index is 14.1. The summed E-state index contributed by atoms with van der Waals surface area (Å²) in [5.41, 5.74) is 2.29. The van der Waals surface area contributed by atoms with Gasteiger partial charge in [-0.2, -0.15) is 0 Å². The number of hydrogen-bond acceptors (Lipinski definition) is 2. The third kappa shape index (κ3) is 2.89. The molecule has 0 atom stereocenters. The molecule has 0 radical (unpaired) electrons. The number of aryl methyl sites for hydroxylation is 1. The lowest BCUT2D eigenvalue weighted by Crippen LogP contribution is -2.25. The van der Waals surface area contributed by atoms with E-state index < -0.39 is 11.6 Å². The van der Waals surface area contributed by atoms with Crippen LogP contribution < -0.4 is 4.90 Å². The number of anilines is 2. The van der Waals surface area contributed by atoms with Crippen LogP contribution in [0, 0.1) is 18.6 Å². The van der Waals surface area contributed by atoms with Crippen LogP contribution in [0.3, 0.4) is 0 Å². The lowest BCUT2D eigenvalue weighted by atomic mass is 10.1. The molecule has 4 heteroatoms. The first kappa shape index (κ1) is 13.6. The Bertz CT molecular complexity index is 680. The van der Waals surface area contributed by atoms with Crippen LogP contribution in [-0.2, 0) is 4.74 Å². The summed E-state index contributed by atoms with van der Waals surface area (Å²) < 4.78 is 32.5.